The van der Waals surface area contributed by atoms with E-state index >= 15 is 0 Å². The predicted molar refractivity (Wildman–Crippen MR) is 62.1 cm³/mol. The molecule has 1 aromatic carbocycles. The summed E-state index contributed by atoms with van der Waals surface area (Å²) >= 11 is 0. The van der Waals surface area contributed by atoms with Crippen LogP contribution in [0, 0.1) is 11.3 Å². The molecule has 1 aromatic rings. The van der Waals surface area contributed by atoms with Gasteiger partial charge in [0.05, 0.1) is 16.9 Å². The van der Waals surface area contributed by atoms with E-state index in [0.29, 0.717) is 17.7 Å². The third-order valence-electron chi connectivity index (χ3n) is 3.04. The van der Waals surface area contributed by atoms with E-state index in [-0.39, 0.29) is 5.91 Å². The Hall–Kier alpha value is -2.02. The number of rotatable bonds is 1. The highest BCUT2D eigenvalue weighted by Crippen LogP contribution is 2.34. The van der Waals surface area contributed by atoms with Crippen LogP contribution < -0.4 is 10.6 Å². The van der Waals surface area contributed by atoms with Gasteiger partial charge in [-0.2, -0.15) is 5.26 Å². The Labute approximate surface area is 94.3 Å². The molecular formula is C12H13N3O. The zero-order chi connectivity index (χ0) is 11.8. The maximum absolute atomic E-state index is 11.9. The van der Waals surface area contributed by atoms with Gasteiger partial charge in [0.1, 0.15) is 11.6 Å². The van der Waals surface area contributed by atoms with E-state index in [0.717, 1.165) is 5.69 Å². The quantitative estimate of drug-likeness (QED) is 0.753. The Morgan fingerprint density at radius 1 is 1.50 bits per heavy atom. The van der Waals surface area contributed by atoms with Crippen LogP contribution in [0.3, 0.4) is 0 Å². The average molecular weight is 215 g/mol. The summed E-state index contributed by atoms with van der Waals surface area (Å²) < 4.78 is 0. The summed E-state index contributed by atoms with van der Waals surface area (Å²) in [5.74, 6) is -0.0924. The highest BCUT2D eigenvalue weighted by Gasteiger charge is 2.36. The molecule has 0 radical (unpaired) electrons. The van der Waals surface area contributed by atoms with Crippen molar-refractivity contribution in [1.82, 2.24) is 0 Å². The average Bonchev–Trinajstić information content (AvgIpc) is 2.30. The third kappa shape index (κ3) is 1.41. The number of nitriles is 1. The second-order valence-corrected chi connectivity index (χ2v) is 4.10. The third-order valence-corrected chi connectivity index (χ3v) is 3.04. The van der Waals surface area contributed by atoms with Crippen LogP contribution in [0.1, 0.15) is 25.8 Å². The number of carbonyl (C=O) groups is 1. The van der Waals surface area contributed by atoms with Crippen molar-refractivity contribution in [2.24, 2.45) is 0 Å². The van der Waals surface area contributed by atoms with Crippen molar-refractivity contribution in [3.63, 3.8) is 0 Å². The molecule has 0 aromatic heterocycles. The van der Waals surface area contributed by atoms with Crippen LogP contribution in [0.2, 0.25) is 0 Å². The lowest BCUT2D eigenvalue weighted by atomic mass is 9.93. The molecule has 1 atom stereocenters. The van der Waals surface area contributed by atoms with E-state index in [9.17, 15) is 4.79 Å². The van der Waals surface area contributed by atoms with Crippen molar-refractivity contribution >= 4 is 17.3 Å². The van der Waals surface area contributed by atoms with Gasteiger partial charge in [-0.15, -0.1) is 0 Å². The first-order chi connectivity index (χ1) is 7.60. The molecule has 0 fully saturated rings. The van der Waals surface area contributed by atoms with Gasteiger partial charge in [0.25, 0.3) is 0 Å². The lowest BCUT2D eigenvalue weighted by Gasteiger charge is -2.35. The monoisotopic (exact) mass is 215 g/mol. The van der Waals surface area contributed by atoms with E-state index in [4.69, 9.17) is 5.26 Å². The Kier molecular flexibility index (Phi) is 2.31. The van der Waals surface area contributed by atoms with Crippen molar-refractivity contribution < 1.29 is 4.79 Å². The van der Waals surface area contributed by atoms with Crippen molar-refractivity contribution in [2.75, 3.05) is 10.6 Å². The molecule has 4 nitrogen and oxygen atoms in total. The number of fused-ring (bicyclic) bond motifs is 1. The number of carbonyl (C=O) groups excluding carboxylic acids is 1. The van der Waals surface area contributed by atoms with Crippen LogP contribution >= 0.6 is 0 Å². The topological polar surface area (TPSA) is 64.9 Å². The van der Waals surface area contributed by atoms with Gasteiger partial charge < -0.3 is 10.6 Å². The van der Waals surface area contributed by atoms with Gasteiger partial charge >= 0.3 is 0 Å². The van der Waals surface area contributed by atoms with Gasteiger partial charge in [-0.1, -0.05) is 13.0 Å². The molecular weight excluding hydrogens is 202 g/mol. The molecule has 2 rings (SSSR count). The fourth-order valence-corrected chi connectivity index (χ4v) is 1.74. The molecule has 0 saturated heterocycles. The first-order valence-corrected chi connectivity index (χ1v) is 5.23. The molecule has 2 N–H and O–H groups in total. The van der Waals surface area contributed by atoms with Crippen LogP contribution in [-0.2, 0) is 4.79 Å². The van der Waals surface area contributed by atoms with Crippen molar-refractivity contribution in [3.8, 4) is 6.07 Å². The Balaban J connectivity index is 2.51. The minimum Gasteiger partial charge on any atom is -0.370 e. The standard InChI is InChI=1S/C12H13N3O/c1-3-12(2)11(16)14-10-8(7-13)5-4-6-9(10)15-12/h4-6,15H,3H2,1-2H3,(H,14,16). The molecule has 0 aliphatic carbocycles. The molecule has 4 heteroatoms. The number of nitrogens with zero attached hydrogens (tertiary/aromatic N) is 1. The number of amides is 1. The first-order valence-electron chi connectivity index (χ1n) is 5.23. The smallest absolute Gasteiger partial charge is 0.249 e. The number of hydrogen-bond donors (Lipinski definition) is 2. The molecule has 1 unspecified atom stereocenters. The molecule has 0 spiro atoms. The second kappa shape index (κ2) is 3.53. The van der Waals surface area contributed by atoms with E-state index < -0.39 is 5.54 Å². The van der Waals surface area contributed by atoms with Gasteiger partial charge in [-0.25, -0.2) is 0 Å². The summed E-state index contributed by atoms with van der Waals surface area (Å²) in [6, 6.07) is 7.42. The van der Waals surface area contributed by atoms with Crippen molar-refractivity contribution in [3.05, 3.63) is 23.8 Å². The molecule has 16 heavy (non-hydrogen) atoms. The van der Waals surface area contributed by atoms with E-state index in [1.807, 2.05) is 19.9 Å². The SMILES string of the molecule is CCC1(C)Nc2cccc(C#N)c2NC1=O. The lowest BCUT2D eigenvalue weighted by Crippen LogP contribution is -2.49. The molecule has 1 heterocycles. The molecule has 0 saturated carbocycles. The Morgan fingerprint density at radius 2 is 2.25 bits per heavy atom. The van der Waals surface area contributed by atoms with Gasteiger partial charge in [0.2, 0.25) is 5.91 Å². The number of anilines is 2. The molecule has 1 aliphatic heterocycles. The largest absolute Gasteiger partial charge is 0.370 e. The summed E-state index contributed by atoms with van der Waals surface area (Å²) in [4.78, 5) is 11.9. The fourth-order valence-electron chi connectivity index (χ4n) is 1.74. The van der Waals surface area contributed by atoms with Gasteiger partial charge in [-0.05, 0) is 25.5 Å². The highest BCUT2D eigenvalue weighted by molar-refractivity contribution is 6.06. The van der Waals surface area contributed by atoms with E-state index in [1.54, 1.807) is 12.1 Å². The zero-order valence-corrected chi connectivity index (χ0v) is 9.29. The van der Waals surface area contributed by atoms with Crippen molar-refractivity contribution in [1.29, 1.82) is 5.26 Å². The van der Waals surface area contributed by atoms with Crippen LogP contribution in [0.5, 0.6) is 0 Å². The van der Waals surface area contributed by atoms with Gasteiger partial charge in [-0.3, -0.25) is 4.79 Å². The normalized spacial score (nSPS) is 22.7. The fraction of sp³-hybridized carbons (Fsp3) is 0.333. The Bertz CT molecular complexity index is 490. The van der Waals surface area contributed by atoms with Crippen LogP contribution in [0.4, 0.5) is 11.4 Å². The summed E-state index contributed by atoms with van der Waals surface area (Å²) in [5.41, 5.74) is 1.28. The zero-order valence-electron chi connectivity index (χ0n) is 9.29. The van der Waals surface area contributed by atoms with Gasteiger partial charge in [0, 0.05) is 0 Å². The lowest BCUT2D eigenvalue weighted by molar-refractivity contribution is -0.120. The Morgan fingerprint density at radius 3 is 2.88 bits per heavy atom. The highest BCUT2D eigenvalue weighted by atomic mass is 16.2. The van der Waals surface area contributed by atoms with Crippen LogP contribution in [0.25, 0.3) is 0 Å². The maximum atomic E-state index is 11.9. The van der Waals surface area contributed by atoms with E-state index in [1.165, 1.54) is 0 Å². The number of para-hydroxylation sites is 1. The molecule has 0 bridgehead atoms. The summed E-state index contributed by atoms with van der Waals surface area (Å²) in [7, 11) is 0. The summed E-state index contributed by atoms with van der Waals surface area (Å²) in [6.07, 6.45) is 0.690. The maximum Gasteiger partial charge on any atom is 0.249 e. The molecule has 1 amide bonds. The molecule has 1 aliphatic rings. The minimum absolute atomic E-state index is 0.0924. The minimum atomic E-state index is -0.596. The molecule has 82 valence electrons. The van der Waals surface area contributed by atoms with Gasteiger partial charge in [0.15, 0.2) is 0 Å². The van der Waals surface area contributed by atoms with Crippen molar-refractivity contribution in [2.45, 2.75) is 25.8 Å². The first kappa shape index (κ1) is 10.5. The predicted octanol–water partition coefficient (Wildman–Crippen LogP) is 2.09. The number of benzene rings is 1. The summed E-state index contributed by atoms with van der Waals surface area (Å²) in [5, 5.41) is 14.9. The van der Waals surface area contributed by atoms with Crippen LogP contribution in [-0.4, -0.2) is 11.4 Å². The summed E-state index contributed by atoms with van der Waals surface area (Å²) in [6.45, 7) is 3.80. The van der Waals surface area contributed by atoms with Crippen LogP contribution in [0.15, 0.2) is 18.2 Å². The number of nitrogens with one attached hydrogen (secondary N) is 2. The van der Waals surface area contributed by atoms with E-state index in [2.05, 4.69) is 16.7 Å². The second-order valence-electron chi connectivity index (χ2n) is 4.10. The number of hydrogen-bond acceptors (Lipinski definition) is 3.